The monoisotopic (exact) mass is 222 g/mol. The van der Waals surface area contributed by atoms with Gasteiger partial charge in [0.2, 0.25) is 0 Å². The average molecular weight is 223 g/mol. The van der Waals surface area contributed by atoms with E-state index in [4.69, 9.17) is 11.6 Å². The van der Waals surface area contributed by atoms with Gasteiger partial charge < -0.3 is 4.74 Å². The van der Waals surface area contributed by atoms with Gasteiger partial charge in [-0.3, -0.25) is 0 Å². The number of carbonyl (C=O) groups is 2. The van der Waals surface area contributed by atoms with Gasteiger partial charge in [0, 0.05) is 10.6 Å². The van der Waals surface area contributed by atoms with Crippen molar-refractivity contribution in [1.29, 1.82) is 0 Å². The number of fused-ring (bicyclic) bond motifs is 1. The molecule has 2 rings (SSSR count). The minimum Gasteiger partial charge on any atom is -0.386 e. The van der Waals surface area contributed by atoms with Crippen molar-refractivity contribution in [2.24, 2.45) is 0 Å². The Kier molecular flexibility index (Phi) is 2.32. The topological polar surface area (TPSA) is 43.4 Å². The molecule has 0 saturated carbocycles. The highest BCUT2D eigenvalue weighted by atomic mass is 35.5. The third-order valence-electron chi connectivity index (χ3n) is 2.15. The second-order valence-electron chi connectivity index (χ2n) is 3.13. The van der Waals surface area contributed by atoms with Crippen LogP contribution in [0.1, 0.15) is 22.8 Å². The molecule has 0 fully saturated rings. The molecule has 0 aliphatic carbocycles. The Balaban J connectivity index is 2.73. The molecule has 0 saturated heterocycles. The van der Waals surface area contributed by atoms with Crippen LogP contribution < -0.4 is 0 Å². The molecule has 1 aromatic rings. The zero-order valence-electron chi connectivity index (χ0n) is 7.91. The summed E-state index contributed by atoms with van der Waals surface area (Å²) in [6.07, 6.45) is 0. The predicted octanol–water partition coefficient (Wildman–Crippen LogP) is 2.35. The maximum Gasteiger partial charge on any atom is 0.347 e. The maximum absolute atomic E-state index is 11.4. The summed E-state index contributed by atoms with van der Waals surface area (Å²) in [4.78, 5) is 22.8. The van der Waals surface area contributed by atoms with Gasteiger partial charge in [-0.15, -0.1) is 0 Å². The molecule has 1 aromatic carbocycles. The van der Waals surface area contributed by atoms with E-state index < -0.39 is 11.9 Å². The highest BCUT2D eigenvalue weighted by Gasteiger charge is 2.30. The smallest absolute Gasteiger partial charge is 0.347 e. The molecule has 3 nitrogen and oxygen atoms in total. The number of halogens is 1. The molecule has 0 N–H and O–H groups in total. The van der Waals surface area contributed by atoms with E-state index in [1.165, 1.54) is 0 Å². The van der Waals surface area contributed by atoms with E-state index in [-0.39, 0.29) is 5.57 Å². The van der Waals surface area contributed by atoms with Crippen molar-refractivity contribution in [2.45, 2.75) is 6.92 Å². The van der Waals surface area contributed by atoms with E-state index in [0.717, 1.165) is 0 Å². The van der Waals surface area contributed by atoms with Gasteiger partial charge in [0.15, 0.2) is 0 Å². The molecule has 0 amide bonds. The lowest BCUT2D eigenvalue weighted by atomic mass is 9.97. The van der Waals surface area contributed by atoms with Crippen LogP contribution in [0.4, 0.5) is 0 Å². The molecule has 0 radical (unpaired) electrons. The van der Waals surface area contributed by atoms with Crippen LogP contribution in [-0.2, 0) is 9.53 Å². The van der Waals surface area contributed by atoms with Gasteiger partial charge in [0.25, 0.3) is 0 Å². The molecular formula is C11H7ClO3. The van der Waals surface area contributed by atoms with Crippen molar-refractivity contribution in [3.05, 3.63) is 40.4 Å². The maximum atomic E-state index is 11.4. The number of allylic oxidation sites excluding steroid dienone is 1. The van der Waals surface area contributed by atoms with E-state index >= 15 is 0 Å². The molecule has 0 spiro atoms. The molecule has 4 heteroatoms. The second kappa shape index (κ2) is 3.51. The van der Waals surface area contributed by atoms with Crippen LogP contribution in [0.5, 0.6) is 0 Å². The van der Waals surface area contributed by atoms with Gasteiger partial charge in [-0.1, -0.05) is 29.8 Å². The van der Waals surface area contributed by atoms with Crippen molar-refractivity contribution in [3.63, 3.8) is 0 Å². The Morgan fingerprint density at radius 2 is 1.73 bits per heavy atom. The Morgan fingerprint density at radius 1 is 1.13 bits per heavy atom. The van der Waals surface area contributed by atoms with Crippen LogP contribution in [0, 0.1) is 0 Å². The lowest BCUT2D eigenvalue weighted by Gasteiger charge is -2.16. The van der Waals surface area contributed by atoms with E-state index in [1.54, 1.807) is 31.2 Å². The Bertz CT molecular complexity index is 484. The normalized spacial score (nSPS) is 18.3. The van der Waals surface area contributed by atoms with Gasteiger partial charge in [0.05, 0.1) is 11.1 Å². The summed E-state index contributed by atoms with van der Waals surface area (Å²) >= 11 is 5.79. The number of ether oxygens (including phenoxy) is 1. The van der Waals surface area contributed by atoms with E-state index in [1.807, 2.05) is 0 Å². The van der Waals surface area contributed by atoms with Gasteiger partial charge in [-0.05, 0) is 13.0 Å². The summed E-state index contributed by atoms with van der Waals surface area (Å²) in [7, 11) is 0. The van der Waals surface area contributed by atoms with Crippen molar-refractivity contribution in [3.8, 4) is 0 Å². The molecular weight excluding hydrogens is 216 g/mol. The summed E-state index contributed by atoms with van der Waals surface area (Å²) in [6, 6.07) is 6.72. The number of carbonyl (C=O) groups excluding carboxylic acids is 2. The van der Waals surface area contributed by atoms with Gasteiger partial charge >= 0.3 is 11.9 Å². The van der Waals surface area contributed by atoms with Gasteiger partial charge in [0.1, 0.15) is 0 Å². The van der Waals surface area contributed by atoms with Crippen LogP contribution in [0.3, 0.4) is 0 Å². The van der Waals surface area contributed by atoms with Crippen LogP contribution in [-0.4, -0.2) is 11.9 Å². The summed E-state index contributed by atoms with van der Waals surface area (Å²) < 4.78 is 4.57. The third-order valence-corrected chi connectivity index (χ3v) is 2.34. The molecule has 0 unspecified atom stereocenters. The zero-order valence-corrected chi connectivity index (χ0v) is 8.67. The highest BCUT2D eigenvalue weighted by molar-refractivity contribution is 6.40. The first-order valence-electron chi connectivity index (χ1n) is 4.33. The summed E-state index contributed by atoms with van der Waals surface area (Å²) in [5.41, 5.74) is 1.16. The van der Waals surface area contributed by atoms with Crippen molar-refractivity contribution >= 4 is 29.1 Å². The quantitative estimate of drug-likeness (QED) is 0.385. The first kappa shape index (κ1) is 9.93. The Hall–Kier alpha value is -1.61. The molecule has 76 valence electrons. The molecule has 0 bridgehead atoms. The number of hydrogen-bond donors (Lipinski definition) is 0. The largest absolute Gasteiger partial charge is 0.386 e. The van der Waals surface area contributed by atoms with E-state index in [0.29, 0.717) is 16.2 Å². The van der Waals surface area contributed by atoms with E-state index in [2.05, 4.69) is 4.74 Å². The third kappa shape index (κ3) is 1.55. The SMILES string of the molecule is CC(Cl)=C1C(=O)OC(=O)c2ccccc21. The average Bonchev–Trinajstić information content (AvgIpc) is 2.17. The molecule has 1 aliphatic heterocycles. The van der Waals surface area contributed by atoms with Crippen molar-refractivity contribution in [1.82, 2.24) is 0 Å². The van der Waals surface area contributed by atoms with Crippen LogP contribution in [0.25, 0.3) is 5.57 Å². The number of benzene rings is 1. The van der Waals surface area contributed by atoms with E-state index in [9.17, 15) is 9.59 Å². The predicted molar refractivity (Wildman–Crippen MR) is 55.3 cm³/mol. The number of cyclic esters (lactones) is 2. The minimum absolute atomic E-state index is 0.256. The van der Waals surface area contributed by atoms with Gasteiger partial charge in [-0.2, -0.15) is 0 Å². The van der Waals surface area contributed by atoms with Gasteiger partial charge in [-0.25, -0.2) is 9.59 Å². The highest BCUT2D eigenvalue weighted by Crippen LogP contribution is 2.30. The Labute approximate surface area is 91.3 Å². The first-order chi connectivity index (χ1) is 7.11. The molecule has 1 heterocycles. The molecule has 0 atom stereocenters. The van der Waals surface area contributed by atoms with Crippen LogP contribution in [0.2, 0.25) is 0 Å². The summed E-state index contributed by atoms with van der Waals surface area (Å²) in [5.74, 6) is -1.32. The minimum atomic E-state index is -0.689. The number of rotatable bonds is 0. The van der Waals surface area contributed by atoms with Crippen LogP contribution >= 0.6 is 11.6 Å². The van der Waals surface area contributed by atoms with Crippen LogP contribution in [0.15, 0.2) is 29.3 Å². The molecule has 1 aliphatic rings. The number of hydrogen-bond acceptors (Lipinski definition) is 3. The van der Waals surface area contributed by atoms with Crippen molar-refractivity contribution in [2.75, 3.05) is 0 Å². The Morgan fingerprint density at radius 3 is 2.33 bits per heavy atom. The fourth-order valence-electron chi connectivity index (χ4n) is 1.51. The molecule has 15 heavy (non-hydrogen) atoms. The lowest BCUT2D eigenvalue weighted by molar-refractivity contribution is -0.131. The molecule has 0 aromatic heterocycles. The zero-order chi connectivity index (χ0) is 11.0. The van der Waals surface area contributed by atoms with Crippen molar-refractivity contribution < 1.29 is 14.3 Å². The fourth-order valence-corrected chi connectivity index (χ4v) is 1.68. The lowest BCUT2D eigenvalue weighted by Crippen LogP contribution is -2.22. The fraction of sp³-hybridized carbons (Fsp3) is 0.0909. The second-order valence-corrected chi connectivity index (χ2v) is 3.70. The summed E-state index contributed by atoms with van der Waals surface area (Å²) in [5, 5.41) is 0.319. The first-order valence-corrected chi connectivity index (χ1v) is 4.71. The standard InChI is InChI=1S/C11H7ClO3/c1-6(12)9-7-4-2-3-5-8(7)10(13)15-11(9)14/h2-5H,1H3. The number of esters is 2. The summed E-state index contributed by atoms with van der Waals surface area (Å²) in [6.45, 7) is 1.59.